The number of benzene rings is 2. The van der Waals surface area contributed by atoms with Gasteiger partial charge in [-0.1, -0.05) is 0 Å². The Morgan fingerprint density at radius 1 is 1.10 bits per heavy atom. The summed E-state index contributed by atoms with van der Waals surface area (Å²) in [5.41, 5.74) is 9.35. The fourth-order valence-corrected chi connectivity index (χ4v) is 2.20. The molecule has 0 aliphatic rings. The molecule has 2 aromatic carbocycles. The molecule has 1 aromatic heterocycles. The van der Waals surface area contributed by atoms with Crippen molar-refractivity contribution in [1.82, 2.24) is 9.97 Å². The van der Waals surface area contributed by atoms with Crippen LogP contribution >= 0.6 is 0 Å². The zero-order valence-corrected chi connectivity index (χ0v) is 11.9. The van der Waals surface area contributed by atoms with Crippen LogP contribution in [0.3, 0.4) is 0 Å². The van der Waals surface area contributed by atoms with Gasteiger partial charge in [-0.05, 0) is 48.9 Å². The van der Waals surface area contributed by atoms with Crippen LogP contribution < -0.4 is 15.8 Å². The van der Waals surface area contributed by atoms with E-state index in [1.807, 2.05) is 43.3 Å². The van der Waals surface area contributed by atoms with Crippen LogP contribution in [-0.2, 0) is 0 Å². The minimum atomic E-state index is 0.688. The average Bonchev–Trinajstić information content (AvgIpc) is 2.49. The van der Waals surface area contributed by atoms with Crippen molar-refractivity contribution in [3.05, 3.63) is 48.3 Å². The molecular formula is C16H16N4O. The second-order valence-electron chi connectivity index (χ2n) is 4.80. The van der Waals surface area contributed by atoms with E-state index >= 15 is 0 Å². The first kappa shape index (κ1) is 13.2. The predicted octanol–water partition coefficient (Wildman–Crippen LogP) is 3.27. The maximum absolute atomic E-state index is 5.79. The zero-order chi connectivity index (χ0) is 14.8. The van der Waals surface area contributed by atoms with Gasteiger partial charge in [-0.2, -0.15) is 0 Å². The Morgan fingerprint density at radius 3 is 2.71 bits per heavy atom. The summed E-state index contributed by atoms with van der Waals surface area (Å²) in [7, 11) is 1.66. The molecular weight excluding hydrogens is 264 g/mol. The van der Waals surface area contributed by atoms with E-state index in [1.54, 1.807) is 7.11 Å². The molecule has 0 bridgehead atoms. The van der Waals surface area contributed by atoms with Gasteiger partial charge in [-0.3, -0.25) is 0 Å². The number of nitrogen functional groups attached to an aromatic ring is 1. The summed E-state index contributed by atoms with van der Waals surface area (Å²) < 4.78 is 5.22. The van der Waals surface area contributed by atoms with Crippen molar-refractivity contribution in [3.63, 3.8) is 0 Å². The monoisotopic (exact) mass is 280 g/mol. The number of hydrogen-bond donors (Lipinski definition) is 2. The maximum Gasteiger partial charge on any atom is 0.141 e. The molecule has 3 aromatic rings. The Labute approximate surface area is 122 Å². The van der Waals surface area contributed by atoms with Gasteiger partial charge in [-0.25, -0.2) is 9.97 Å². The molecule has 21 heavy (non-hydrogen) atoms. The number of aromatic nitrogens is 2. The first-order valence-electron chi connectivity index (χ1n) is 6.59. The lowest BCUT2D eigenvalue weighted by Gasteiger charge is -2.12. The minimum Gasteiger partial charge on any atom is -0.497 e. The Hall–Kier alpha value is -2.82. The highest BCUT2D eigenvalue weighted by Crippen LogP contribution is 2.27. The van der Waals surface area contributed by atoms with Crippen LogP contribution in [0.2, 0.25) is 0 Å². The largest absolute Gasteiger partial charge is 0.497 e. The third kappa shape index (κ3) is 2.58. The quantitative estimate of drug-likeness (QED) is 0.720. The molecule has 0 aliphatic heterocycles. The van der Waals surface area contributed by atoms with Gasteiger partial charge < -0.3 is 15.8 Å². The van der Waals surface area contributed by atoms with Gasteiger partial charge in [0, 0.05) is 16.8 Å². The molecule has 3 rings (SSSR count). The highest BCUT2D eigenvalue weighted by Gasteiger charge is 2.06. The lowest BCUT2D eigenvalue weighted by atomic mass is 10.1. The normalized spacial score (nSPS) is 10.6. The zero-order valence-electron chi connectivity index (χ0n) is 11.9. The number of rotatable bonds is 3. The lowest BCUT2D eigenvalue weighted by molar-refractivity contribution is 0.414. The van der Waals surface area contributed by atoms with E-state index in [9.17, 15) is 0 Å². The molecule has 106 valence electrons. The SMILES string of the molecule is COc1ccc(Nc2ncnc3cc(N)ccc23)c(C)c1. The summed E-state index contributed by atoms with van der Waals surface area (Å²) in [5.74, 6) is 1.59. The number of aryl methyl sites for hydroxylation is 1. The highest BCUT2D eigenvalue weighted by atomic mass is 16.5. The predicted molar refractivity (Wildman–Crippen MR) is 85.0 cm³/mol. The number of nitrogens with zero attached hydrogens (tertiary/aromatic N) is 2. The van der Waals surface area contributed by atoms with Gasteiger partial charge in [0.2, 0.25) is 0 Å². The first-order chi connectivity index (χ1) is 10.2. The van der Waals surface area contributed by atoms with E-state index in [0.717, 1.165) is 33.7 Å². The molecule has 0 aliphatic carbocycles. The van der Waals surface area contributed by atoms with Crippen molar-refractivity contribution < 1.29 is 4.74 Å². The summed E-state index contributed by atoms with van der Waals surface area (Å²) in [4.78, 5) is 8.56. The van der Waals surface area contributed by atoms with Crippen LogP contribution in [0.4, 0.5) is 17.2 Å². The third-order valence-corrected chi connectivity index (χ3v) is 3.35. The first-order valence-corrected chi connectivity index (χ1v) is 6.59. The van der Waals surface area contributed by atoms with Crippen molar-refractivity contribution in [1.29, 1.82) is 0 Å². The highest BCUT2D eigenvalue weighted by molar-refractivity contribution is 5.92. The number of nitrogens with two attached hydrogens (primary N) is 1. The number of nitrogens with one attached hydrogen (secondary N) is 1. The minimum absolute atomic E-state index is 0.688. The van der Waals surface area contributed by atoms with E-state index in [4.69, 9.17) is 10.5 Å². The summed E-state index contributed by atoms with van der Waals surface area (Å²) in [6, 6.07) is 11.5. The molecule has 3 N–H and O–H groups in total. The summed E-state index contributed by atoms with van der Waals surface area (Å²) >= 11 is 0. The van der Waals surface area contributed by atoms with Gasteiger partial charge in [0.1, 0.15) is 17.9 Å². The third-order valence-electron chi connectivity index (χ3n) is 3.35. The van der Waals surface area contributed by atoms with Crippen LogP contribution in [0.1, 0.15) is 5.56 Å². The smallest absolute Gasteiger partial charge is 0.141 e. The number of ether oxygens (including phenoxy) is 1. The molecule has 5 nitrogen and oxygen atoms in total. The Kier molecular flexibility index (Phi) is 3.31. The van der Waals surface area contributed by atoms with E-state index in [0.29, 0.717) is 5.69 Å². The second-order valence-corrected chi connectivity index (χ2v) is 4.80. The van der Waals surface area contributed by atoms with Crippen LogP contribution in [0.5, 0.6) is 5.75 Å². The van der Waals surface area contributed by atoms with Gasteiger partial charge in [0.15, 0.2) is 0 Å². The summed E-state index contributed by atoms with van der Waals surface area (Å²) in [6.45, 7) is 2.02. The Balaban J connectivity index is 2.02. The molecule has 0 fully saturated rings. The Morgan fingerprint density at radius 2 is 1.95 bits per heavy atom. The molecule has 0 unspecified atom stereocenters. The number of fused-ring (bicyclic) bond motifs is 1. The number of anilines is 3. The van der Waals surface area contributed by atoms with E-state index in [-0.39, 0.29) is 0 Å². The van der Waals surface area contributed by atoms with Crippen LogP contribution in [0.15, 0.2) is 42.7 Å². The molecule has 0 saturated heterocycles. The lowest BCUT2D eigenvalue weighted by Crippen LogP contribution is -1.98. The van der Waals surface area contributed by atoms with Crippen LogP contribution in [-0.4, -0.2) is 17.1 Å². The van der Waals surface area contributed by atoms with Crippen LogP contribution in [0.25, 0.3) is 10.9 Å². The molecule has 0 amide bonds. The Bertz CT molecular complexity index is 801. The number of methoxy groups -OCH3 is 1. The molecule has 5 heteroatoms. The molecule has 0 atom stereocenters. The number of hydrogen-bond acceptors (Lipinski definition) is 5. The van der Waals surface area contributed by atoms with Crippen molar-refractivity contribution >= 4 is 28.1 Å². The van der Waals surface area contributed by atoms with Crippen LogP contribution in [0, 0.1) is 6.92 Å². The molecule has 0 radical (unpaired) electrons. The maximum atomic E-state index is 5.79. The van der Waals surface area contributed by atoms with Crippen molar-refractivity contribution in [3.8, 4) is 5.75 Å². The van der Waals surface area contributed by atoms with Gasteiger partial charge in [0.05, 0.1) is 12.6 Å². The fraction of sp³-hybridized carbons (Fsp3) is 0.125. The van der Waals surface area contributed by atoms with Crippen molar-refractivity contribution in [2.75, 3.05) is 18.2 Å². The molecule has 0 saturated carbocycles. The average molecular weight is 280 g/mol. The standard InChI is InChI=1S/C16H16N4O/c1-10-7-12(21-2)4-6-14(10)20-16-13-5-3-11(17)8-15(13)18-9-19-16/h3-9H,17H2,1-2H3,(H,18,19,20). The van der Waals surface area contributed by atoms with E-state index < -0.39 is 0 Å². The van der Waals surface area contributed by atoms with Gasteiger partial charge >= 0.3 is 0 Å². The topological polar surface area (TPSA) is 73.1 Å². The van der Waals surface area contributed by atoms with Crippen molar-refractivity contribution in [2.24, 2.45) is 0 Å². The second kappa shape index (κ2) is 5.28. The van der Waals surface area contributed by atoms with Crippen molar-refractivity contribution in [2.45, 2.75) is 6.92 Å². The summed E-state index contributed by atoms with van der Waals surface area (Å²) in [5, 5.41) is 4.27. The molecule has 1 heterocycles. The summed E-state index contributed by atoms with van der Waals surface area (Å²) in [6.07, 6.45) is 1.53. The fourth-order valence-electron chi connectivity index (χ4n) is 2.20. The van der Waals surface area contributed by atoms with Gasteiger partial charge in [0.25, 0.3) is 0 Å². The van der Waals surface area contributed by atoms with Gasteiger partial charge in [-0.15, -0.1) is 0 Å². The van der Waals surface area contributed by atoms with E-state index in [1.165, 1.54) is 6.33 Å². The van der Waals surface area contributed by atoms with E-state index in [2.05, 4.69) is 15.3 Å². The molecule has 0 spiro atoms.